The lowest BCUT2D eigenvalue weighted by atomic mass is 10.2. The fraction of sp³-hybridized carbons (Fsp3) is 0.188. The van der Waals surface area contributed by atoms with Gasteiger partial charge in [-0.25, -0.2) is 14.6 Å². The Morgan fingerprint density at radius 2 is 2.08 bits per heavy atom. The van der Waals surface area contributed by atoms with Crippen LogP contribution in [-0.4, -0.2) is 24.7 Å². The highest BCUT2D eigenvalue weighted by Crippen LogP contribution is 2.39. The first-order valence-corrected chi connectivity index (χ1v) is 8.60. The minimum absolute atomic E-state index is 0.132. The van der Waals surface area contributed by atoms with Crippen LogP contribution >= 0.6 is 27.5 Å². The lowest BCUT2D eigenvalue weighted by Crippen LogP contribution is -2.04. The van der Waals surface area contributed by atoms with Gasteiger partial charge in [-0.2, -0.15) is 5.10 Å². The molecule has 0 aliphatic carbocycles. The molecular weight excluding hydrogens is 392 g/mol. The number of anilines is 1. The molecule has 0 fully saturated rings. The molecule has 0 saturated carbocycles. The fourth-order valence-corrected chi connectivity index (χ4v) is 3.49. The van der Waals surface area contributed by atoms with Crippen molar-refractivity contribution in [1.82, 2.24) is 24.7 Å². The van der Waals surface area contributed by atoms with Crippen LogP contribution < -0.4 is 5.73 Å². The third kappa shape index (κ3) is 2.19. The molecule has 122 valence electrons. The minimum atomic E-state index is 0.132. The minimum Gasteiger partial charge on any atom is -0.383 e. The van der Waals surface area contributed by atoms with Crippen molar-refractivity contribution in [3.05, 3.63) is 34.0 Å². The first-order chi connectivity index (χ1) is 11.5. The molecule has 0 saturated heterocycles. The van der Waals surface area contributed by atoms with Crippen LogP contribution in [0.5, 0.6) is 0 Å². The SMILES string of the molecule is CC(C)n1nc(-c2[nH]c3cc(Br)ccc3c2Cl)c2c(N)ncnc21. The van der Waals surface area contributed by atoms with E-state index in [1.165, 1.54) is 6.33 Å². The van der Waals surface area contributed by atoms with E-state index in [0.717, 1.165) is 21.1 Å². The molecule has 4 aromatic rings. The summed E-state index contributed by atoms with van der Waals surface area (Å²) in [7, 11) is 0. The maximum atomic E-state index is 6.61. The predicted molar refractivity (Wildman–Crippen MR) is 100 cm³/mol. The van der Waals surface area contributed by atoms with Crippen molar-refractivity contribution in [3.63, 3.8) is 0 Å². The summed E-state index contributed by atoms with van der Waals surface area (Å²) < 4.78 is 2.81. The zero-order valence-electron chi connectivity index (χ0n) is 13.0. The molecule has 8 heteroatoms. The van der Waals surface area contributed by atoms with E-state index in [0.29, 0.717) is 27.6 Å². The van der Waals surface area contributed by atoms with Gasteiger partial charge in [-0.1, -0.05) is 33.6 Å². The summed E-state index contributed by atoms with van der Waals surface area (Å²) >= 11 is 10.1. The lowest BCUT2D eigenvalue weighted by Gasteiger charge is -2.05. The number of benzene rings is 1. The topological polar surface area (TPSA) is 85.4 Å². The van der Waals surface area contributed by atoms with Gasteiger partial charge in [-0.05, 0) is 26.0 Å². The molecule has 0 aliphatic rings. The first kappa shape index (κ1) is 15.4. The van der Waals surface area contributed by atoms with Gasteiger partial charge in [0.05, 0.1) is 16.1 Å². The van der Waals surface area contributed by atoms with Crippen LogP contribution in [0.1, 0.15) is 19.9 Å². The van der Waals surface area contributed by atoms with Crippen LogP contribution in [-0.2, 0) is 0 Å². The van der Waals surface area contributed by atoms with E-state index in [2.05, 4.69) is 30.9 Å². The highest BCUT2D eigenvalue weighted by atomic mass is 79.9. The second-order valence-electron chi connectivity index (χ2n) is 5.85. The number of halogens is 2. The summed E-state index contributed by atoms with van der Waals surface area (Å²) in [4.78, 5) is 11.8. The van der Waals surface area contributed by atoms with Gasteiger partial charge in [0.2, 0.25) is 0 Å². The number of hydrogen-bond donors (Lipinski definition) is 2. The van der Waals surface area contributed by atoms with Crippen LogP contribution in [0.4, 0.5) is 5.82 Å². The Hall–Kier alpha value is -2.12. The van der Waals surface area contributed by atoms with Gasteiger partial charge in [-0.15, -0.1) is 0 Å². The van der Waals surface area contributed by atoms with Crippen LogP contribution in [0, 0.1) is 0 Å². The van der Waals surface area contributed by atoms with Crippen LogP contribution in [0.2, 0.25) is 5.02 Å². The molecule has 0 aliphatic heterocycles. The third-order valence-corrected chi connectivity index (χ3v) is 4.83. The molecule has 6 nitrogen and oxygen atoms in total. The number of nitrogens with two attached hydrogens (primary N) is 1. The van der Waals surface area contributed by atoms with E-state index in [-0.39, 0.29) is 6.04 Å². The number of fused-ring (bicyclic) bond motifs is 2. The predicted octanol–water partition coefficient (Wildman–Crippen LogP) is 4.55. The van der Waals surface area contributed by atoms with Crippen molar-refractivity contribution in [3.8, 4) is 11.4 Å². The summed E-state index contributed by atoms with van der Waals surface area (Å²) in [6.45, 7) is 4.08. The Balaban J connectivity index is 2.09. The molecular formula is C16H14BrClN6. The van der Waals surface area contributed by atoms with Crippen molar-refractivity contribution in [2.45, 2.75) is 19.9 Å². The van der Waals surface area contributed by atoms with Crippen LogP contribution in [0.25, 0.3) is 33.3 Å². The number of nitrogens with one attached hydrogen (secondary N) is 1. The van der Waals surface area contributed by atoms with E-state index >= 15 is 0 Å². The smallest absolute Gasteiger partial charge is 0.164 e. The number of hydrogen-bond acceptors (Lipinski definition) is 4. The second-order valence-corrected chi connectivity index (χ2v) is 7.14. The molecule has 1 aromatic carbocycles. The Labute approximate surface area is 151 Å². The fourth-order valence-electron chi connectivity index (χ4n) is 2.83. The second kappa shape index (κ2) is 5.46. The molecule has 0 bridgehead atoms. The summed E-state index contributed by atoms with van der Waals surface area (Å²) in [5, 5.41) is 6.95. The Morgan fingerprint density at radius 3 is 2.83 bits per heavy atom. The number of aromatic nitrogens is 5. The standard InChI is InChI=1S/C16H14BrClN6/c1-7(2)24-16-11(15(19)20-6-21-16)13(23-24)14-12(18)9-4-3-8(17)5-10(9)22-14/h3-7,22H,1-2H3,(H2,19,20,21). The largest absolute Gasteiger partial charge is 0.383 e. The van der Waals surface area contributed by atoms with Gasteiger partial charge >= 0.3 is 0 Å². The summed E-state index contributed by atoms with van der Waals surface area (Å²) in [5.74, 6) is 0.387. The number of rotatable bonds is 2. The quantitative estimate of drug-likeness (QED) is 0.512. The lowest BCUT2D eigenvalue weighted by molar-refractivity contribution is 0.547. The Morgan fingerprint density at radius 1 is 1.29 bits per heavy atom. The van der Waals surface area contributed by atoms with Crippen molar-refractivity contribution < 1.29 is 0 Å². The molecule has 0 unspecified atom stereocenters. The molecule has 0 atom stereocenters. The van der Waals surface area contributed by atoms with E-state index in [4.69, 9.17) is 22.4 Å². The molecule has 0 spiro atoms. The number of aromatic amines is 1. The normalized spacial score (nSPS) is 11.9. The van der Waals surface area contributed by atoms with E-state index in [9.17, 15) is 0 Å². The summed E-state index contributed by atoms with van der Waals surface area (Å²) in [5.41, 5.74) is 9.11. The van der Waals surface area contributed by atoms with Gasteiger partial charge in [0.15, 0.2) is 5.65 Å². The molecule has 0 radical (unpaired) electrons. The summed E-state index contributed by atoms with van der Waals surface area (Å²) in [6, 6.07) is 6.02. The monoisotopic (exact) mass is 404 g/mol. The zero-order valence-corrected chi connectivity index (χ0v) is 15.4. The number of H-pyrrole nitrogens is 1. The maximum absolute atomic E-state index is 6.61. The highest BCUT2D eigenvalue weighted by Gasteiger charge is 2.22. The van der Waals surface area contributed by atoms with Gasteiger partial charge in [0, 0.05) is 21.4 Å². The van der Waals surface area contributed by atoms with Gasteiger partial charge < -0.3 is 10.7 Å². The average molecular weight is 406 g/mol. The van der Waals surface area contributed by atoms with Gasteiger partial charge in [-0.3, -0.25) is 0 Å². The Bertz CT molecular complexity index is 1080. The van der Waals surface area contributed by atoms with E-state index in [1.54, 1.807) is 0 Å². The van der Waals surface area contributed by atoms with Gasteiger partial charge in [0.1, 0.15) is 17.8 Å². The first-order valence-electron chi connectivity index (χ1n) is 7.43. The molecule has 24 heavy (non-hydrogen) atoms. The number of nitrogens with zero attached hydrogens (tertiary/aromatic N) is 4. The number of nitrogen functional groups attached to an aromatic ring is 1. The van der Waals surface area contributed by atoms with Crippen molar-refractivity contribution >= 4 is 55.3 Å². The zero-order chi connectivity index (χ0) is 17.0. The maximum Gasteiger partial charge on any atom is 0.164 e. The molecule has 3 heterocycles. The van der Waals surface area contributed by atoms with Crippen molar-refractivity contribution in [2.24, 2.45) is 0 Å². The molecule has 4 rings (SSSR count). The van der Waals surface area contributed by atoms with E-state index < -0.39 is 0 Å². The molecule has 0 amide bonds. The molecule has 3 N–H and O–H groups in total. The Kier molecular flexibility index (Phi) is 3.51. The van der Waals surface area contributed by atoms with Gasteiger partial charge in [0.25, 0.3) is 0 Å². The van der Waals surface area contributed by atoms with Crippen molar-refractivity contribution in [2.75, 3.05) is 5.73 Å². The van der Waals surface area contributed by atoms with Crippen LogP contribution in [0.3, 0.4) is 0 Å². The molecule has 3 aromatic heterocycles. The highest BCUT2D eigenvalue weighted by molar-refractivity contribution is 9.10. The van der Waals surface area contributed by atoms with Crippen LogP contribution in [0.15, 0.2) is 29.0 Å². The third-order valence-electron chi connectivity index (χ3n) is 3.94. The average Bonchev–Trinajstić information content (AvgIpc) is 3.06. The summed E-state index contributed by atoms with van der Waals surface area (Å²) in [6.07, 6.45) is 1.45. The van der Waals surface area contributed by atoms with Crippen molar-refractivity contribution in [1.29, 1.82) is 0 Å². The van der Waals surface area contributed by atoms with E-state index in [1.807, 2.05) is 36.7 Å².